The molecular weight excluding hydrogens is 238 g/mol. The molecule has 1 aliphatic heterocycles. The topological polar surface area (TPSA) is 116 Å². The summed E-state index contributed by atoms with van der Waals surface area (Å²) in [5, 5.41) is 21.1. The highest BCUT2D eigenvalue weighted by Crippen LogP contribution is 2.09. The molecule has 0 aromatic carbocycles. The first-order valence-corrected chi connectivity index (χ1v) is 6.00. The minimum Gasteiger partial charge on any atom is -0.388 e. The molecule has 18 heavy (non-hydrogen) atoms. The summed E-state index contributed by atoms with van der Waals surface area (Å²) in [5.41, 5.74) is 5.63. The number of hydrogen-bond donors (Lipinski definition) is 4. The van der Waals surface area contributed by atoms with Crippen LogP contribution in [0.1, 0.15) is 13.8 Å². The summed E-state index contributed by atoms with van der Waals surface area (Å²) in [6, 6.07) is -0.646. The second kappa shape index (κ2) is 6.12. The van der Waals surface area contributed by atoms with Crippen molar-refractivity contribution in [3.05, 3.63) is 0 Å². The lowest BCUT2D eigenvalue weighted by atomic mass is 10.1. The molecule has 7 heteroatoms. The number of carbonyl (C=O) groups is 2. The number of hydrogen-bond acceptors (Lipinski definition) is 5. The third kappa shape index (κ3) is 3.66. The Labute approximate surface area is 106 Å². The van der Waals surface area contributed by atoms with Crippen LogP contribution in [0.5, 0.6) is 0 Å². The smallest absolute Gasteiger partial charge is 0.242 e. The fourth-order valence-corrected chi connectivity index (χ4v) is 1.67. The van der Waals surface area contributed by atoms with E-state index in [0.717, 1.165) is 0 Å². The highest BCUT2D eigenvalue weighted by Gasteiger charge is 2.32. The lowest BCUT2D eigenvalue weighted by Gasteiger charge is -2.18. The minimum absolute atomic E-state index is 0.00414. The van der Waals surface area contributed by atoms with E-state index in [1.807, 2.05) is 13.8 Å². The van der Waals surface area contributed by atoms with Gasteiger partial charge in [0.25, 0.3) is 0 Å². The van der Waals surface area contributed by atoms with E-state index in [2.05, 4.69) is 5.32 Å². The van der Waals surface area contributed by atoms with Crippen LogP contribution in [0.3, 0.4) is 0 Å². The zero-order valence-electron chi connectivity index (χ0n) is 10.7. The Morgan fingerprint density at radius 3 is 2.28 bits per heavy atom. The van der Waals surface area contributed by atoms with Crippen molar-refractivity contribution in [2.75, 3.05) is 19.6 Å². The molecule has 2 amide bonds. The first kappa shape index (κ1) is 14.9. The first-order chi connectivity index (χ1) is 8.32. The minimum atomic E-state index is -0.914. The maximum absolute atomic E-state index is 11.7. The van der Waals surface area contributed by atoms with Crippen molar-refractivity contribution >= 4 is 11.8 Å². The molecule has 0 unspecified atom stereocenters. The van der Waals surface area contributed by atoms with Gasteiger partial charge in [0.05, 0.1) is 24.8 Å². The van der Waals surface area contributed by atoms with E-state index in [1.54, 1.807) is 0 Å². The molecule has 0 bridgehead atoms. The lowest BCUT2D eigenvalue weighted by molar-refractivity contribution is -0.133. The normalized spacial score (nSPS) is 25.3. The summed E-state index contributed by atoms with van der Waals surface area (Å²) in [5.74, 6) is -0.718. The van der Waals surface area contributed by atoms with E-state index in [4.69, 9.17) is 5.73 Å². The summed E-state index contributed by atoms with van der Waals surface area (Å²) in [6.45, 7) is 3.65. The Morgan fingerprint density at radius 2 is 1.83 bits per heavy atom. The lowest BCUT2D eigenvalue weighted by Crippen LogP contribution is -2.47. The number of carbonyl (C=O) groups excluding carboxylic acids is 2. The Morgan fingerprint density at radius 1 is 1.33 bits per heavy atom. The number of amides is 2. The van der Waals surface area contributed by atoms with Gasteiger partial charge >= 0.3 is 0 Å². The number of nitrogens with two attached hydrogens (primary N) is 1. The van der Waals surface area contributed by atoms with Crippen LogP contribution in [-0.2, 0) is 9.59 Å². The molecule has 104 valence electrons. The van der Waals surface area contributed by atoms with Gasteiger partial charge in [-0.1, -0.05) is 13.8 Å². The second-order valence-corrected chi connectivity index (χ2v) is 4.92. The van der Waals surface area contributed by atoms with Crippen molar-refractivity contribution in [1.29, 1.82) is 0 Å². The van der Waals surface area contributed by atoms with Gasteiger partial charge in [-0.05, 0) is 5.92 Å². The molecule has 0 spiro atoms. The van der Waals surface area contributed by atoms with Gasteiger partial charge < -0.3 is 26.2 Å². The van der Waals surface area contributed by atoms with Crippen molar-refractivity contribution in [2.24, 2.45) is 11.7 Å². The maximum atomic E-state index is 11.7. The van der Waals surface area contributed by atoms with E-state index in [9.17, 15) is 19.8 Å². The quantitative estimate of drug-likeness (QED) is 0.451. The van der Waals surface area contributed by atoms with Gasteiger partial charge in [0.15, 0.2) is 0 Å². The second-order valence-electron chi connectivity index (χ2n) is 4.92. The van der Waals surface area contributed by atoms with Crippen LogP contribution in [-0.4, -0.2) is 64.8 Å². The molecule has 1 fully saturated rings. The Balaban J connectivity index is 2.36. The monoisotopic (exact) mass is 259 g/mol. The number of nitrogens with zero attached hydrogens (tertiary/aromatic N) is 1. The van der Waals surface area contributed by atoms with Crippen molar-refractivity contribution in [2.45, 2.75) is 32.1 Å². The van der Waals surface area contributed by atoms with Crippen LogP contribution in [0.15, 0.2) is 0 Å². The molecule has 1 saturated heterocycles. The molecular formula is C11H21N3O4. The van der Waals surface area contributed by atoms with E-state index < -0.39 is 18.2 Å². The third-order valence-corrected chi connectivity index (χ3v) is 3.05. The number of likely N-dealkylation sites (tertiary alicyclic amines) is 1. The zero-order valence-corrected chi connectivity index (χ0v) is 10.7. The van der Waals surface area contributed by atoms with E-state index in [-0.39, 0.29) is 37.4 Å². The summed E-state index contributed by atoms with van der Waals surface area (Å²) >= 11 is 0. The highest BCUT2D eigenvalue weighted by molar-refractivity contribution is 5.87. The van der Waals surface area contributed by atoms with E-state index in [0.29, 0.717) is 0 Å². The standard InChI is InChI=1S/C11H21N3O4/c1-6(2)10(12)11(18)13-3-9(17)14-4-7(15)8(16)5-14/h6-8,10,15-16H,3-5,12H2,1-2H3,(H,13,18)/t7-,8+,10-/m0/s1. The number of rotatable bonds is 4. The average Bonchev–Trinajstić information content (AvgIpc) is 2.65. The Kier molecular flexibility index (Phi) is 5.06. The molecule has 1 aliphatic rings. The number of aliphatic hydroxyl groups is 2. The first-order valence-electron chi connectivity index (χ1n) is 6.00. The van der Waals surface area contributed by atoms with Crippen LogP contribution < -0.4 is 11.1 Å². The molecule has 1 rings (SSSR count). The highest BCUT2D eigenvalue weighted by atomic mass is 16.3. The predicted octanol–water partition coefficient (Wildman–Crippen LogP) is -2.35. The van der Waals surface area contributed by atoms with Crippen LogP contribution in [0.4, 0.5) is 0 Å². The Bertz CT molecular complexity index is 311. The van der Waals surface area contributed by atoms with E-state index >= 15 is 0 Å². The van der Waals surface area contributed by atoms with Gasteiger partial charge in [-0.15, -0.1) is 0 Å². The third-order valence-electron chi connectivity index (χ3n) is 3.05. The van der Waals surface area contributed by atoms with Crippen molar-refractivity contribution in [1.82, 2.24) is 10.2 Å². The van der Waals surface area contributed by atoms with Gasteiger partial charge in [0.1, 0.15) is 0 Å². The van der Waals surface area contributed by atoms with Gasteiger partial charge in [0, 0.05) is 13.1 Å². The summed E-state index contributed by atoms with van der Waals surface area (Å²) in [7, 11) is 0. The number of β-amino-alcohol motifs (C(OH)–C–C–N with tert-alkyl or cyclic N) is 2. The fourth-order valence-electron chi connectivity index (χ4n) is 1.67. The molecule has 5 N–H and O–H groups in total. The molecule has 3 atom stereocenters. The summed E-state index contributed by atoms with van der Waals surface area (Å²) < 4.78 is 0. The molecule has 0 aromatic rings. The molecule has 7 nitrogen and oxygen atoms in total. The maximum Gasteiger partial charge on any atom is 0.242 e. The van der Waals surface area contributed by atoms with Gasteiger partial charge in [0.2, 0.25) is 11.8 Å². The van der Waals surface area contributed by atoms with Crippen molar-refractivity contribution in [3.8, 4) is 0 Å². The van der Waals surface area contributed by atoms with Gasteiger partial charge in [-0.25, -0.2) is 0 Å². The average molecular weight is 259 g/mol. The Hall–Kier alpha value is -1.18. The number of nitrogens with one attached hydrogen (secondary N) is 1. The largest absolute Gasteiger partial charge is 0.388 e. The van der Waals surface area contributed by atoms with Crippen molar-refractivity contribution < 1.29 is 19.8 Å². The SMILES string of the molecule is CC(C)[C@H](N)C(=O)NCC(=O)N1C[C@@H](O)[C@@H](O)C1. The van der Waals surface area contributed by atoms with E-state index in [1.165, 1.54) is 4.90 Å². The van der Waals surface area contributed by atoms with Crippen LogP contribution in [0.2, 0.25) is 0 Å². The zero-order chi connectivity index (χ0) is 13.9. The van der Waals surface area contributed by atoms with Crippen LogP contribution >= 0.6 is 0 Å². The summed E-state index contributed by atoms with van der Waals surface area (Å²) in [4.78, 5) is 24.5. The molecule has 0 saturated carbocycles. The molecule has 0 radical (unpaired) electrons. The fraction of sp³-hybridized carbons (Fsp3) is 0.818. The molecule has 0 aromatic heterocycles. The predicted molar refractivity (Wildman–Crippen MR) is 64.4 cm³/mol. The molecule has 0 aliphatic carbocycles. The summed E-state index contributed by atoms with van der Waals surface area (Å²) in [6.07, 6.45) is -1.83. The van der Waals surface area contributed by atoms with Gasteiger partial charge in [-0.2, -0.15) is 0 Å². The number of aliphatic hydroxyl groups excluding tert-OH is 2. The van der Waals surface area contributed by atoms with Crippen LogP contribution in [0, 0.1) is 5.92 Å². The van der Waals surface area contributed by atoms with Crippen molar-refractivity contribution in [3.63, 3.8) is 0 Å². The molecule has 1 heterocycles. The van der Waals surface area contributed by atoms with Gasteiger partial charge in [-0.3, -0.25) is 9.59 Å². The van der Waals surface area contributed by atoms with Crippen LogP contribution in [0.25, 0.3) is 0 Å².